The zero-order valence-corrected chi connectivity index (χ0v) is 7.92. The Bertz CT molecular complexity index is 216. The summed E-state index contributed by atoms with van der Waals surface area (Å²) in [5.41, 5.74) is 0. The maximum atomic E-state index is 10.5. The number of nitrogens with zero attached hydrogens (tertiary/aromatic N) is 1. The third-order valence-electron chi connectivity index (χ3n) is 1.39. The molecular formula is C10H15NO. The van der Waals surface area contributed by atoms with Crippen LogP contribution in [0.25, 0.3) is 0 Å². The maximum Gasteiger partial charge on any atom is 0.153 e. The largest absolute Gasteiger partial charge is 0.333 e. The molecule has 2 heteroatoms. The molecule has 12 heavy (non-hydrogen) atoms. The third kappa shape index (κ3) is 5.55. The van der Waals surface area contributed by atoms with Crippen LogP contribution in [0.2, 0.25) is 0 Å². The quantitative estimate of drug-likeness (QED) is 0.358. The van der Waals surface area contributed by atoms with E-state index in [1.807, 2.05) is 18.7 Å². The SMILES string of the molecule is CCN(C#C/C=C/C(C)=O)CC. The van der Waals surface area contributed by atoms with E-state index < -0.39 is 0 Å². The van der Waals surface area contributed by atoms with E-state index in [9.17, 15) is 4.79 Å². The Morgan fingerprint density at radius 3 is 2.42 bits per heavy atom. The molecule has 0 fully saturated rings. The topological polar surface area (TPSA) is 20.3 Å². The summed E-state index contributed by atoms with van der Waals surface area (Å²) >= 11 is 0. The van der Waals surface area contributed by atoms with Gasteiger partial charge in [-0.05, 0) is 32.9 Å². The normalized spacial score (nSPS) is 9.25. The van der Waals surface area contributed by atoms with Crippen molar-refractivity contribution in [1.82, 2.24) is 4.90 Å². The van der Waals surface area contributed by atoms with Crippen molar-refractivity contribution in [3.8, 4) is 12.0 Å². The lowest BCUT2D eigenvalue weighted by Gasteiger charge is -2.09. The van der Waals surface area contributed by atoms with Gasteiger partial charge in [0.2, 0.25) is 0 Å². The minimum atomic E-state index is 0.0313. The summed E-state index contributed by atoms with van der Waals surface area (Å²) in [5, 5.41) is 0. The van der Waals surface area contributed by atoms with Gasteiger partial charge in [0.25, 0.3) is 0 Å². The van der Waals surface area contributed by atoms with E-state index in [0.29, 0.717) is 0 Å². The zero-order valence-electron chi connectivity index (χ0n) is 7.92. The van der Waals surface area contributed by atoms with E-state index in [0.717, 1.165) is 13.1 Å². The van der Waals surface area contributed by atoms with Crippen molar-refractivity contribution in [1.29, 1.82) is 0 Å². The summed E-state index contributed by atoms with van der Waals surface area (Å²) in [6.45, 7) is 7.43. The van der Waals surface area contributed by atoms with Crippen LogP contribution < -0.4 is 0 Å². The molecule has 0 amide bonds. The Morgan fingerprint density at radius 1 is 1.42 bits per heavy atom. The van der Waals surface area contributed by atoms with Crippen LogP contribution >= 0.6 is 0 Å². The van der Waals surface area contributed by atoms with Crippen LogP contribution in [0.3, 0.4) is 0 Å². The van der Waals surface area contributed by atoms with Gasteiger partial charge in [0, 0.05) is 19.1 Å². The summed E-state index contributed by atoms with van der Waals surface area (Å²) in [7, 11) is 0. The second-order valence-corrected chi connectivity index (χ2v) is 2.37. The number of ketones is 1. The second-order valence-electron chi connectivity index (χ2n) is 2.37. The van der Waals surface area contributed by atoms with Crippen LogP contribution in [-0.2, 0) is 4.79 Å². The van der Waals surface area contributed by atoms with E-state index >= 15 is 0 Å². The summed E-state index contributed by atoms with van der Waals surface area (Å²) in [6, 6.07) is 2.92. The zero-order chi connectivity index (χ0) is 9.40. The minimum Gasteiger partial charge on any atom is -0.333 e. The second kappa shape index (κ2) is 6.48. The molecule has 0 aliphatic rings. The number of carbonyl (C=O) groups excluding carboxylic acids is 1. The molecule has 0 atom stereocenters. The van der Waals surface area contributed by atoms with Gasteiger partial charge in [-0.3, -0.25) is 4.79 Å². The standard InChI is InChI=1S/C10H15NO/c1-4-11(5-2)9-7-6-8-10(3)12/h6,8H,4-5H2,1-3H3/b8-6+. The van der Waals surface area contributed by atoms with Gasteiger partial charge in [0.05, 0.1) is 0 Å². The Kier molecular flexibility index (Phi) is 5.81. The molecule has 0 bridgehead atoms. The molecule has 0 N–H and O–H groups in total. The lowest BCUT2D eigenvalue weighted by molar-refractivity contribution is -0.112. The predicted molar refractivity (Wildman–Crippen MR) is 50.5 cm³/mol. The first-order valence-corrected chi connectivity index (χ1v) is 4.14. The van der Waals surface area contributed by atoms with Gasteiger partial charge < -0.3 is 4.90 Å². The van der Waals surface area contributed by atoms with Crippen LogP contribution in [-0.4, -0.2) is 23.8 Å². The fourth-order valence-electron chi connectivity index (χ4n) is 0.669. The first kappa shape index (κ1) is 10.8. The highest BCUT2D eigenvalue weighted by Crippen LogP contribution is 1.81. The Balaban J connectivity index is 3.93. The fourth-order valence-corrected chi connectivity index (χ4v) is 0.669. The summed E-state index contributed by atoms with van der Waals surface area (Å²) < 4.78 is 0. The van der Waals surface area contributed by atoms with Gasteiger partial charge in [-0.15, -0.1) is 0 Å². The van der Waals surface area contributed by atoms with Crippen LogP contribution in [0.4, 0.5) is 0 Å². The number of carbonyl (C=O) groups is 1. The molecule has 0 heterocycles. The Morgan fingerprint density at radius 2 is 2.00 bits per heavy atom. The number of allylic oxidation sites excluding steroid dienone is 2. The van der Waals surface area contributed by atoms with Gasteiger partial charge >= 0.3 is 0 Å². The molecular weight excluding hydrogens is 150 g/mol. The van der Waals surface area contributed by atoms with E-state index in [1.165, 1.54) is 13.0 Å². The minimum absolute atomic E-state index is 0.0313. The first-order chi connectivity index (χ1) is 5.70. The first-order valence-electron chi connectivity index (χ1n) is 4.14. The van der Waals surface area contributed by atoms with Crippen LogP contribution in [0, 0.1) is 12.0 Å². The maximum absolute atomic E-state index is 10.5. The van der Waals surface area contributed by atoms with E-state index in [4.69, 9.17) is 0 Å². The molecule has 0 aromatic carbocycles. The molecule has 0 aromatic rings. The third-order valence-corrected chi connectivity index (χ3v) is 1.39. The summed E-state index contributed by atoms with van der Waals surface area (Å²) in [4.78, 5) is 12.4. The molecule has 0 aliphatic heterocycles. The molecule has 0 spiro atoms. The van der Waals surface area contributed by atoms with E-state index in [2.05, 4.69) is 12.0 Å². The Hall–Kier alpha value is -1.23. The number of hydrogen-bond acceptors (Lipinski definition) is 2. The van der Waals surface area contributed by atoms with Gasteiger partial charge in [0.1, 0.15) is 0 Å². The molecule has 0 saturated carbocycles. The highest BCUT2D eigenvalue weighted by atomic mass is 16.1. The van der Waals surface area contributed by atoms with E-state index in [-0.39, 0.29) is 5.78 Å². The van der Waals surface area contributed by atoms with Crippen LogP contribution in [0.5, 0.6) is 0 Å². The van der Waals surface area contributed by atoms with Crippen molar-refractivity contribution in [3.63, 3.8) is 0 Å². The molecule has 0 rings (SSSR count). The molecule has 0 aromatic heterocycles. The average Bonchev–Trinajstić information content (AvgIpc) is 2.04. The van der Waals surface area contributed by atoms with Gasteiger partial charge in [-0.25, -0.2) is 0 Å². The lowest BCUT2D eigenvalue weighted by atomic mass is 10.4. The van der Waals surface area contributed by atoms with Gasteiger partial charge in [-0.1, -0.05) is 5.92 Å². The van der Waals surface area contributed by atoms with Crippen molar-refractivity contribution >= 4 is 5.78 Å². The monoisotopic (exact) mass is 165 g/mol. The smallest absolute Gasteiger partial charge is 0.153 e. The summed E-state index contributed by atoms with van der Waals surface area (Å²) in [6.07, 6.45) is 3.05. The van der Waals surface area contributed by atoms with Crippen molar-refractivity contribution in [3.05, 3.63) is 12.2 Å². The number of rotatable bonds is 3. The van der Waals surface area contributed by atoms with Gasteiger partial charge in [-0.2, -0.15) is 0 Å². The highest BCUT2D eigenvalue weighted by molar-refractivity contribution is 5.87. The lowest BCUT2D eigenvalue weighted by Crippen LogP contribution is -2.15. The molecule has 2 nitrogen and oxygen atoms in total. The van der Waals surface area contributed by atoms with Crippen molar-refractivity contribution < 1.29 is 4.79 Å². The van der Waals surface area contributed by atoms with Crippen molar-refractivity contribution in [2.75, 3.05) is 13.1 Å². The fraction of sp³-hybridized carbons (Fsp3) is 0.500. The molecule has 0 saturated heterocycles. The molecule has 66 valence electrons. The highest BCUT2D eigenvalue weighted by Gasteiger charge is 1.86. The molecule has 0 radical (unpaired) electrons. The molecule has 0 aliphatic carbocycles. The van der Waals surface area contributed by atoms with E-state index in [1.54, 1.807) is 6.08 Å². The van der Waals surface area contributed by atoms with Crippen molar-refractivity contribution in [2.45, 2.75) is 20.8 Å². The predicted octanol–water partition coefficient (Wildman–Crippen LogP) is 1.43. The van der Waals surface area contributed by atoms with Crippen LogP contribution in [0.1, 0.15) is 20.8 Å². The van der Waals surface area contributed by atoms with Crippen LogP contribution in [0.15, 0.2) is 12.2 Å². The number of hydrogen-bond donors (Lipinski definition) is 0. The Labute approximate surface area is 74.3 Å². The van der Waals surface area contributed by atoms with Gasteiger partial charge in [0.15, 0.2) is 5.78 Å². The summed E-state index contributed by atoms with van der Waals surface area (Å²) in [5.74, 6) is 2.82. The average molecular weight is 165 g/mol. The van der Waals surface area contributed by atoms with Crippen molar-refractivity contribution in [2.24, 2.45) is 0 Å². The molecule has 0 unspecified atom stereocenters.